The second-order valence-electron chi connectivity index (χ2n) is 4.68. The van der Waals surface area contributed by atoms with Crippen LogP contribution in [0.5, 0.6) is 0 Å². The van der Waals surface area contributed by atoms with E-state index in [9.17, 15) is 5.11 Å². The molecule has 0 bridgehead atoms. The maximum absolute atomic E-state index is 9.96. The molecule has 1 aliphatic carbocycles. The predicted octanol–water partition coefficient (Wildman–Crippen LogP) is 2.47. The normalized spacial score (nSPS) is 26.3. The molecule has 0 heterocycles. The molecule has 2 rings (SSSR count). The van der Waals surface area contributed by atoms with Gasteiger partial charge in [0.25, 0.3) is 0 Å². The third-order valence-electron chi connectivity index (χ3n) is 3.39. The average Bonchev–Trinajstić information content (AvgIpc) is 2.53. The van der Waals surface area contributed by atoms with Crippen LogP contribution in [0.15, 0.2) is 30.3 Å². The molecule has 1 fully saturated rings. The maximum Gasteiger partial charge on any atom is 0.0693 e. The van der Waals surface area contributed by atoms with Crippen molar-refractivity contribution in [3.05, 3.63) is 35.9 Å². The molecule has 1 saturated carbocycles. The van der Waals surface area contributed by atoms with Crippen LogP contribution in [-0.4, -0.2) is 17.3 Å². The van der Waals surface area contributed by atoms with E-state index in [0.29, 0.717) is 0 Å². The Balaban J connectivity index is 1.84. The number of benzene rings is 1. The molecule has 0 radical (unpaired) electrons. The Morgan fingerprint density at radius 3 is 2.62 bits per heavy atom. The lowest BCUT2D eigenvalue weighted by Crippen LogP contribution is -2.38. The van der Waals surface area contributed by atoms with Crippen molar-refractivity contribution >= 4 is 0 Å². The van der Waals surface area contributed by atoms with Crippen LogP contribution in [0.2, 0.25) is 0 Å². The summed E-state index contributed by atoms with van der Waals surface area (Å²) in [5, 5.41) is 13.4. The summed E-state index contributed by atoms with van der Waals surface area (Å²) in [7, 11) is 0. The first kappa shape index (κ1) is 11.6. The summed E-state index contributed by atoms with van der Waals surface area (Å²) in [4.78, 5) is 0. The molecular formula is C14H21NO. The molecule has 0 aromatic heterocycles. The minimum absolute atomic E-state index is 0.161. The summed E-state index contributed by atoms with van der Waals surface area (Å²) < 4.78 is 0. The highest BCUT2D eigenvalue weighted by atomic mass is 16.3. The highest BCUT2D eigenvalue weighted by Crippen LogP contribution is 2.18. The van der Waals surface area contributed by atoms with Crippen molar-refractivity contribution in [2.45, 2.75) is 50.8 Å². The molecule has 2 unspecified atom stereocenters. The van der Waals surface area contributed by atoms with Gasteiger partial charge in [0.15, 0.2) is 0 Å². The van der Waals surface area contributed by atoms with Gasteiger partial charge < -0.3 is 10.4 Å². The molecule has 0 spiro atoms. The van der Waals surface area contributed by atoms with Crippen molar-refractivity contribution in [3.8, 4) is 0 Å². The van der Waals surface area contributed by atoms with Gasteiger partial charge in [0, 0.05) is 12.6 Å². The van der Waals surface area contributed by atoms with E-state index in [1.807, 2.05) is 6.07 Å². The molecule has 2 heteroatoms. The van der Waals surface area contributed by atoms with Gasteiger partial charge >= 0.3 is 0 Å². The fraction of sp³-hybridized carbons (Fsp3) is 0.571. The minimum atomic E-state index is -0.161. The number of hydrogen-bond donors (Lipinski definition) is 2. The smallest absolute Gasteiger partial charge is 0.0693 e. The van der Waals surface area contributed by atoms with Crippen LogP contribution in [0, 0.1) is 0 Å². The zero-order valence-electron chi connectivity index (χ0n) is 9.73. The Labute approximate surface area is 97.7 Å². The van der Waals surface area contributed by atoms with Crippen LogP contribution >= 0.6 is 0 Å². The summed E-state index contributed by atoms with van der Waals surface area (Å²) in [6, 6.07) is 10.7. The monoisotopic (exact) mass is 219 g/mol. The van der Waals surface area contributed by atoms with Crippen LogP contribution < -0.4 is 5.32 Å². The molecule has 16 heavy (non-hydrogen) atoms. The lowest BCUT2D eigenvalue weighted by atomic mass is 10.1. The van der Waals surface area contributed by atoms with Gasteiger partial charge in [-0.3, -0.25) is 0 Å². The molecule has 0 aliphatic heterocycles. The standard InChI is InChI=1S/C14H21NO/c16-14-10-6-2-5-9-13(14)15-11-12-7-3-1-4-8-12/h1,3-4,7-8,13-16H,2,5-6,9-11H2. The first-order valence-electron chi connectivity index (χ1n) is 6.31. The zero-order valence-corrected chi connectivity index (χ0v) is 9.73. The van der Waals surface area contributed by atoms with E-state index in [1.165, 1.54) is 24.8 Å². The van der Waals surface area contributed by atoms with E-state index < -0.39 is 0 Å². The molecule has 0 saturated heterocycles. The van der Waals surface area contributed by atoms with Gasteiger partial charge in [-0.15, -0.1) is 0 Å². The van der Waals surface area contributed by atoms with E-state index in [0.717, 1.165) is 19.4 Å². The third-order valence-corrected chi connectivity index (χ3v) is 3.39. The number of nitrogens with one attached hydrogen (secondary N) is 1. The molecule has 2 atom stereocenters. The Hall–Kier alpha value is -0.860. The van der Waals surface area contributed by atoms with Gasteiger partial charge in [0.2, 0.25) is 0 Å². The second kappa shape index (κ2) is 6.02. The summed E-state index contributed by atoms with van der Waals surface area (Å²) in [6.45, 7) is 0.864. The van der Waals surface area contributed by atoms with Crippen LogP contribution in [-0.2, 0) is 6.54 Å². The third kappa shape index (κ3) is 3.32. The lowest BCUT2D eigenvalue weighted by molar-refractivity contribution is 0.119. The number of rotatable bonds is 3. The van der Waals surface area contributed by atoms with Crippen molar-refractivity contribution in [1.29, 1.82) is 0 Å². The molecule has 88 valence electrons. The number of aliphatic hydroxyl groups is 1. The summed E-state index contributed by atoms with van der Waals surface area (Å²) in [6.07, 6.45) is 5.57. The average molecular weight is 219 g/mol. The van der Waals surface area contributed by atoms with Crippen molar-refractivity contribution in [1.82, 2.24) is 5.32 Å². The van der Waals surface area contributed by atoms with Gasteiger partial charge in [-0.2, -0.15) is 0 Å². The molecule has 1 aliphatic rings. The SMILES string of the molecule is OC1CCCCCC1NCc1ccccc1. The molecule has 0 amide bonds. The van der Waals surface area contributed by atoms with E-state index in [1.54, 1.807) is 0 Å². The largest absolute Gasteiger partial charge is 0.392 e. The van der Waals surface area contributed by atoms with E-state index in [4.69, 9.17) is 0 Å². The molecule has 1 aromatic rings. The number of hydrogen-bond acceptors (Lipinski definition) is 2. The second-order valence-corrected chi connectivity index (χ2v) is 4.68. The van der Waals surface area contributed by atoms with Gasteiger partial charge in [-0.25, -0.2) is 0 Å². The highest BCUT2D eigenvalue weighted by molar-refractivity contribution is 5.14. The Morgan fingerprint density at radius 1 is 1.06 bits per heavy atom. The highest BCUT2D eigenvalue weighted by Gasteiger charge is 2.20. The zero-order chi connectivity index (χ0) is 11.2. The fourth-order valence-electron chi connectivity index (χ4n) is 2.37. The summed E-state index contributed by atoms with van der Waals surface area (Å²) >= 11 is 0. The Morgan fingerprint density at radius 2 is 1.81 bits per heavy atom. The molecule has 2 nitrogen and oxygen atoms in total. The summed E-state index contributed by atoms with van der Waals surface area (Å²) in [5.74, 6) is 0. The van der Waals surface area contributed by atoms with Crippen molar-refractivity contribution in [3.63, 3.8) is 0 Å². The van der Waals surface area contributed by atoms with Gasteiger partial charge in [0.05, 0.1) is 6.10 Å². The van der Waals surface area contributed by atoms with E-state index in [2.05, 4.69) is 29.6 Å². The van der Waals surface area contributed by atoms with Gasteiger partial charge in [-0.05, 0) is 18.4 Å². The van der Waals surface area contributed by atoms with Gasteiger partial charge in [-0.1, -0.05) is 49.6 Å². The van der Waals surface area contributed by atoms with Crippen LogP contribution in [0.1, 0.15) is 37.7 Å². The van der Waals surface area contributed by atoms with Crippen molar-refractivity contribution in [2.24, 2.45) is 0 Å². The van der Waals surface area contributed by atoms with Crippen LogP contribution in [0.3, 0.4) is 0 Å². The van der Waals surface area contributed by atoms with Crippen molar-refractivity contribution < 1.29 is 5.11 Å². The minimum Gasteiger partial charge on any atom is -0.392 e. The van der Waals surface area contributed by atoms with Crippen molar-refractivity contribution in [2.75, 3.05) is 0 Å². The summed E-state index contributed by atoms with van der Waals surface area (Å²) in [5.41, 5.74) is 1.29. The van der Waals surface area contributed by atoms with Crippen LogP contribution in [0.4, 0.5) is 0 Å². The first-order valence-corrected chi connectivity index (χ1v) is 6.31. The van der Waals surface area contributed by atoms with Gasteiger partial charge in [0.1, 0.15) is 0 Å². The Kier molecular flexibility index (Phi) is 4.37. The Bertz CT molecular complexity index is 299. The molecule has 1 aromatic carbocycles. The molecule has 2 N–H and O–H groups in total. The topological polar surface area (TPSA) is 32.3 Å². The number of aliphatic hydroxyl groups excluding tert-OH is 1. The van der Waals surface area contributed by atoms with E-state index >= 15 is 0 Å². The first-order chi connectivity index (χ1) is 7.86. The predicted molar refractivity (Wildman–Crippen MR) is 66.2 cm³/mol. The molecular weight excluding hydrogens is 198 g/mol. The van der Waals surface area contributed by atoms with E-state index in [-0.39, 0.29) is 12.1 Å². The quantitative estimate of drug-likeness (QED) is 0.765. The maximum atomic E-state index is 9.96. The van der Waals surface area contributed by atoms with Crippen LogP contribution in [0.25, 0.3) is 0 Å². The fourth-order valence-corrected chi connectivity index (χ4v) is 2.37. The lowest BCUT2D eigenvalue weighted by Gasteiger charge is -2.21.